The fourth-order valence-electron chi connectivity index (χ4n) is 2.14. The minimum atomic E-state index is 0.255. The lowest BCUT2D eigenvalue weighted by atomic mass is 9.96. The van der Waals surface area contributed by atoms with Crippen LogP contribution in [0.3, 0.4) is 0 Å². The first-order chi connectivity index (χ1) is 9.08. The Balaban J connectivity index is 2.66. The number of hydrogen-bond donors (Lipinski definition) is 1. The molecule has 0 spiro atoms. The van der Waals surface area contributed by atoms with Crippen LogP contribution in [-0.2, 0) is 0 Å². The van der Waals surface area contributed by atoms with Gasteiger partial charge in [-0.2, -0.15) is 0 Å². The van der Waals surface area contributed by atoms with Gasteiger partial charge < -0.3 is 19.7 Å². The summed E-state index contributed by atoms with van der Waals surface area (Å²) >= 11 is 0. The molecular weight excluding hydrogens is 244 g/mol. The molecule has 19 heavy (non-hydrogen) atoms. The lowest BCUT2D eigenvalue weighted by Crippen LogP contribution is -2.00. The number of ether oxygens (including phenoxy) is 2. The molecule has 2 aromatic rings. The largest absolute Gasteiger partial charge is 0.496 e. The Morgan fingerprint density at radius 3 is 2.42 bits per heavy atom. The lowest BCUT2D eigenvalue weighted by Gasteiger charge is -2.18. The van der Waals surface area contributed by atoms with Gasteiger partial charge in [-0.3, -0.25) is 0 Å². The average molecular weight is 262 g/mol. The van der Waals surface area contributed by atoms with Gasteiger partial charge in [0.25, 0.3) is 0 Å². The average Bonchev–Trinajstić information content (AvgIpc) is 2.83. The Kier molecular flexibility index (Phi) is 3.64. The molecule has 0 unspecified atom stereocenters. The molecule has 5 heteroatoms. The molecule has 0 aliphatic carbocycles. The molecule has 1 aromatic carbocycles. The highest BCUT2D eigenvalue weighted by atomic mass is 16.5. The van der Waals surface area contributed by atoms with Crippen LogP contribution in [0.1, 0.15) is 25.3 Å². The van der Waals surface area contributed by atoms with Crippen molar-refractivity contribution in [1.82, 2.24) is 5.16 Å². The van der Waals surface area contributed by atoms with Gasteiger partial charge in [-0.1, -0.05) is 19.0 Å². The molecule has 0 atom stereocenters. The zero-order valence-electron chi connectivity index (χ0n) is 11.6. The highest BCUT2D eigenvalue weighted by molar-refractivity contribution is 5.72. The van der Waals surface area contributed by atoms with Gasteiger partial charge in [0.2, 0.25) is 0 Å². The van der Waals surface area contributed by atoms with Crippen LogP contribution in [0.2, 0.25) is 0 Å². The van der Waals surface area contributed by atoms with E-state index in [1.807, 2.05) is 12.1 Å². The summed E-state index contributed by atoms with van der Waals surface area (Å²) in [4.78, 5) is 0. The van der Waals surface area contributed by atoms with E-state index >= 15 is 0 Å². The standard InChI is InChI=1S/C14H18N2O3/c1-8(2)13-10(17-3)6-5-9(14(13)18-4)11-7-12(15)16-19-11/h5-8H,1-4H3,(H2,15,16). The second kappa shape index (κ2) is 5.22. The highest BCUT2D eigenvalue weighted by Crippen LogP contribution is 2.42. The summed E-state index contributed by atoms with van der Waals surface area (Å²) in [6.45, 7) is 4.16. The molecular formula is C14H18N2O3. The van der Waals surface area contributed by atoms with Crippen LogP contribution in [-0.4, -0.2) is 19.4 Å². The predicted octanol–water partition coefficient (Wildman–Crippen LogP) is 3.06. The van der Waals surface area contributed by atoms with Crippen molar-refractivity contribution in [3.63, 3.8) is 0 Å². The smallest absolute Gasteiger partial charge is 0.172 e. The molecule has 0 radical (unpaired) electrons. The molecule has 0 saturated heterocycles. The van der Waals surface area contributed by atoms with Crippen LogP contribution in [0.4, 0.5) is 5.82 Å². The first-order valence-electron chi connectivity index (χ1n) is 6.06. The third kappa shape index (κ3) is 2.36. The molecule has 0 fully saturated rings. The van der Waals surface area contributed by atoms with E-state index < -0.39 is 0 Å². The summed E-state index contributed by atoms with van der Waals surface area (Å²) in [5.74, 6) is 2.71. The van der Waals surface area contributed by atoms with Crippen molar-refractivity contribution >= 4 is 5.82 Å². The van der Waals surface area contributed by atoms with Gasteiger partial charge in [-0.15, -0.1) is 0 Å². The summed E-state index contributed by atoms with van der Waals surface area (Å²) in [6, 6.07) is 5.45. The molecule has 2 N–H and O–H groups in total. The Bertz CT molecular complexity index is 576. The fraction of sp³-hybridized carbons (Fsp3) is 0.357. The molecule has 5 nitrogen and oxygen atoms in total. The predicted molar refractivity (Wildman–Crippen MR) is 73.5 cm³/mol. The summed E-state index contributed by atoms with van der Waals surface area (Å²) in [6.07, 6.45) is 0. The van der Waals surface area contributed by atoms with Crippen LogP contribution in [0.25, 0.3) is 11.3 Å². The van der Waals surface area contributed by atoms with Crippen LogP contribution >= 0.6 is 0 Å². The van der Waals surface area contributed by atoms with Gasteiger partial charge in [-0.05, 0) is 18.1 Å². The van der Waals surface area contributed by atoms with Gasteiger partial charge >= 0.3 is 0 Å². The molecule has 0 amide bonds. The first kappa shape index (κ1) is 13.3. The van der Waals surface area contributed by atoms with E-state index in [1.165, 1.54) is 0 Å². The van der Waals surface area contributed by atoms with E-state index in [4.69, 9.17) is 19.7 Å². The van der Waals surface area contributed by atoms with E-state index in [2.05, 4.69) is 19.0 Å². The number of benzene rings is 1. The Morgan fingerprint density at radius 2 is 1.95 bits per heavy atom. The van der Waals surface area contributed by atoms with Gasteiger partial charge in [-0.25, -0.2) is 0 Å². The zero-order valence-corrected chi connectivity index (χ0v) is 11.6. The van der Waals surface area contributed by atoms with Gasteiger partial charge in [0.15, 0.2) is 11.6 Å². The molecule has 102 valence electrons. The molecule has 1 aromatic heterocycles. The van der Waals surface area contributed by atoms with Crippen molar-refractivity contribution in [3.05, 3.63) is 23.8 Å². The number of anilines is 1. The van der Waals surface area contributed by atoms with Crippen molar-refractivity contribution in [2.75, 3.05) is 20.0 Å². The minimum Gasteiger partial charge on any atom is -0.496 e. The van der Waals surface area contributed by atoms with Crippen molar-refractivity contribution in [2.24, 2.45) is 0 Å². The van der Waals surface area contributed by atoms with Gasteiger partial charge in [0, 0.05) is 11.6 Å². The second-order valence-corrected chi connectivity index (χ2v) is 4.53. The van der Waals surface area contributed by atoms with E-state index in [-0.39, 0.29) is 5.92 Å². The summed E-state index contributed by atoms with van der Waals surface area (Å²) < 4.78 is 16.1. The third-order valence-electron chi connectivity index (χ3n) is 2.95. The maximum Gasteiger partial charge on any atom is 0.172 e. The SMILES string of the molecule is COc1ccc(-c2cc(N)no2)c(OC)c1C(C)C. The summed E-state index contributed by atoms with van der Waals surface area (Å²) in [5.41, 5.74) is 7.40. The summed E-state index contributed by atoms with van der Waals surface area (Å²) in [7, 11) is 3.27. The van der Waals surface area contributed by atoms with Crippen LogP contribution < -0.4 is 15.2 Å². The van der Waals surface area contributed by atoms with Gasteiger partial charge in [0.1, 0.15) is 11.5 Å². The number of nitrogen functional groups attached to an aromatic ring is 1. The Hall–Kier alpha value is -2.17. The monoisotopic (exact) mass is 262 g/mol. The summed E-state index contributed by atoms with van der Waals surface area (Å²) in [5, 5.41) is 3.70. The number of hydrogen-bond acceptors (Lipinski definition) is 5. The Morgan fingerprint density at radius 1 is 1.21 bits per heavy atom. The molecule has 0 aliphatic heterocycles. The normalized spacial score (nSPS) is 10.8. The molecule has 1 heterocycles. The van der Waals surface area contributed by atoms with E-state index in [9.17, 15) is 0 Å². The topological polar surface area (TPSA) is 70.5 Å². The molecule has 0 aliphatic rings. The molecule has 2 rings (SSSR count). The minimum absolute atomic E-state index is 0.255. The second-order valence-electron chi connectivity index (χ2n) is 4.53. The lowest BCUT2D eigenvalue weighted by molar-refractivity contribution is 0.380. The van der Waals surface area contributed by atoms with E-state index in [0.717, 1.165) is 22.6 Å². The number of rotatable bonds is 4. The number of nitrogens with zero attached hydrogens (tertiary/aromatic N) is 1. The maximum atomic E-state index is 5.59. The quantitative estimate of drug-likeness (QED) is 0.916. The third-order valence-corrected chi connectivity index (χ3v) is 2.95. The molecule has 0 bridgehead atoms. The molecule has 0 saturated carbocycles. The Labute approximate surface area is 112 Å². The van der Waals surface area contributed by atoms with Crippen LogP contribution in [0, 0.1) is 0 Å². The van der Waals surface area contributed by atoms with E-state index in [0.29, 0.717) is 11.6 Å². The zero-order chi connectivity index (χ0) is 14.0. The van der Waals surface area contributed by atoms with E-state index in [1.54, 1.807) is 20.3 Å². The first-order valence-corrected chi connectivity index (χ1v) is 6.06. The van der Waals surface area contributed by atoms with Crippen molar-refractivity contribution in [2.45, 2.75) is 19.8 Å². The van der Waals surface area contributed by atoms with Crippen LogP contribution in [0.15, 0.2) is 22.7 Å². The number of methoxy groups -OCH3 is 2. The van der Waals surface area contributed by atoms with Crippen molar-refractivity contribution < 1.29 is 14.0 Å². The highest BCUT2D eigenvalue weighted by Gasteiger charge is 2.20. The fourth-order valence-corrected chi connectivity index (χ4v) is 2.14. The maximum absolute atomic E-state index is 5.59. The van der Waals surface area contributed by atoms with Crippen molar-refractivity contribution in [1.29, 1.82) is 0 Å². The van der Waals surface area contributed by atoms with Gasteiger partial charge in [0.05, 0.1) is 19.8 Å². The van der Waals surface area contributed by atoms with Crippen LogP contribution in [0.5, 0.6) is 11.5 Å². The number of aromatic nitrogens is 1. The van der Waals surface area contributed by atoms with Crippen molar-refractivity contribution in [3.8, 4) is 22.8 Å². The number of nitrogens with two attached hydrogens (primary N) is 1.